The number of nitrogens with zero attached hydrogens (tertiary/aromatic N) is 3. The summed E-state index contributed by atoms with van der Waals surface area (Å²) in [6.45, 7) is 2.84. The van der Waals surface area contributed by atoms with Gasteiger partial charge in [0.1, 0.15) is 0 Å². The molecule has 0 spiro atoms. The molecule has 0 atom stereocenters. The van der Waals surface area contributed by atoms with E-state index in [1.54, 1.807) is 0 Å². The van der Waals surface area contributed by atoms with E-state index in [9.17, 15) is 9.59 Å². The van der Waals surface area contributed by atoms with Crippen LogP contribution in [0.3, 0.4) is 0 Å². The van der Waals surface area contributed by atoms with E-state index in [2.05, 4.69) is 0 Å². The maximum Gasteiger partial charge on any atom is 0.255 e. The van der Waals surface area contributed by atoms with Gasteiger partial charge in [0.15, 0.2) is 0 Å². The van der Waals surface area contributed by atoms with Crippen molar-refractivity contribution in [2.75, 3.05) is 26.2 Å². The smallest absolute Gasteiger partial charge is 0.255 e. The lowest BCUT2D eigenvalue weighted by Gasteiger charge is -2.31. The molecule has 3 rings (SSSR count). The van der Waals surface area contributed by atoms with Gasteiger partial charge in [0.25, 0.3) is 5.91 Å². The van der Waals surface area contributed by atoms with E-state index in [-0.39, 0.29) is 11.8 Å². The lowest BCUT2D eigenvalue weighted by Crippen LogP contribution is -2.41. The van der Waals surface area contributed by atoms with Gasteiger partial charge in [0.05, 0.1) is 5.56 Å². The standard InChI is InChI=1S/C16H23N3O2/c1-17-9-6-14(12-17)16(21)19-8-3-7-18(10-11-19)15(20)13-4-2-5-13/h6,9,12-13H,2-5,7-8,10-11H2,1H3. The number of aryl methyl sites for hydroxylation is 1. The Balaban J connectivity index is 1.60. The van der Waals surface area contributed by atoms with Gasteiger partial charge in [-0.25, -0.2) is 0 Å². The molecule has 0 radical (unpaired) electrons. The number of hydrogen-bond acceptors (Lipinski definition) is 2. The maximum atomic E-state index is 12.5. The van der Waals surface area contributed by atoms with Gasteiger partial charge in [-0.05, 0) is 25.3 Å². The summed E-state index contributed by atoms with van der Waals surface area (Å²) >= 11 is 0. The average molecular weight is 289 g/mol. The van der Waals surface area contributed by atoms with E-state index in [0.29, 0.717) is 19.0 Å². The summed E-state index contributed by atoms with van der Waals surface area (Å²) in [5, 5.41) is 0. The van der Waals surface area contributed by atoms with Crippen LogP contribution in [0.15, 0.2) is 18.5 Å². The van der Waals surface area contributed by atoms with Crippen molar-refractivity contribution in [3.63, 3.8) is 0 Å². The molecule has 2 aliphatic rings. The molecule has 1 aromatic heterocycles. The Bertz CT molecular complexity index is 533. The van der Waals surface area contributed by atoms with E-state index >= 15 is 0 Å². The third kappa shape index (κ3) is 2.96. The van der Waals surface area contributed by atoms with Crippen LogP contribution in [0, 0.1) is 5.92 Å². The lowest BCUT2D eigenvalue weighted by atomic mass is 9.84. The Morgan fingerprint density at radius 1 is 1.05 bits per heavy atom. The van der Waals surface area contributed by atoms with Crippen molar-refractivity contribution in [3.05, 3.63) is 24.0 Å². The van der Waals surface area contributed by atoms with Gasteiger partial charge >= 0.3 is 0 Å². The topological polar surface area (TPSA) is 45.6 Å². The predicted octanol–water partition coefficient (Wildman–Crippen LogP) is 1.50. The number of hydrogen-bond donors (Lipinski definition) is 0. The largest absolute Gasteiger partial charge is 0.356 e. The Kier molecular flexibility index (Phi) is 3.99. The van der Waals surface area contributed by atoms with Crippen LogP contribution in [-0.4, -0.2) is 52.4 Å². The molecule has 1 aliphatic carbocycles. The first-order valence-corrected chi connectivity index (χ1v) is 7.85. The van der Waals surface area contributed by atoms with Gasteiger partial charge < -0.3 is 14.4 Å². The molecule has 1 aromatic rings. The van der Waals surface area contributed by atoms with Gasteiger partial charge in [-0.15, -0.1) is 0 Å². The van der Waals surface area contributed by atoms with Crippen molar-refractivity contribution in [1.29, 1.82) is 0 Å². The molecule has 1 aliphatic heterocycles. The highest BCUT2D eigenvalue weighted by Crippen LogP contribution is 2.28. The molecular formula is C16H23N3O2. The highest BCUT2D eigenvalue weighted by Gasteiger charge is 2.31. The Labute approximate surface area is 125 Å². The van der Waals surface area contributed by atoms with E-state index in [4.69, 9.17) is 0 Å². The molecule has 5 nitrogen and oxygen atoms in total. The molecule has 2 heterocycles. The molecule has 0 unspecified atom stereocenters. The van der Waals surface area contributed by atoms with Crippen LogP contribution in [0.4, 0.5) is 0 Å². The monoisotopic (exact) mass is 289 g/mol. The minimum Gasteiger partial charge on any atom is -0.356 e. The second-order valence-corrected chi connectivity index (χ2v) is 6.16. The summed E-state index contributed by atoms with van der Waals surface area (Å²) in [6.07, 6.45) is 7.88. The van der Waals surface area contributed by atoms with Gasteiger partial charge in [-0.1, -0.05) is 6.42 Å². The first-order valence-electron chi connectivity index (χ1n) is 7.85. The van der Waals surface area contributed by atoms with Crippen LogP contribution in [0.1, 0.15) is 36.0 Å². The summed E-state index contributed by atoms with van der Waals surface area (Å²) in [4.78, 5) is 28.6. The van der Waals surface area contributed by atoms with Gasteiger partial charge in [-0.3, -0.25) is 9.59 Å². The Morgan fingerprint density at radius 2 is 1.76 bits per heavy atom. The molecule has 1 saturated heterocycles. The fraction of sp³-hybridized carbons (Fsp3) is 0.625. The van der Waals surface area contributed by atoms with E-state index in [1.807, 2.05) is 39.9 Å². The number of carbonyl (C=O) groups excluding carboxylic acids is 2. The van der Waals surface area contributed by atoms with Crippen molar-refractivity contribution < 1.29 is 9.59 Å². The van der Waals surface area contributed by atoms with Crippen LogP contribution in [0.2, 0.25) is 0 Å². The molecule has 21 heavy (non-hydrogen) atoms. The molecule has 0 bridgehead atoms. The van der Waals surface area contributed by atoms with Crippen molar-refractivity contribution in [3.8, 4) is 0 Å². The molecule has 2 fully saturated rings. The summed E-state index contributed by atoms with van der Waals surface area (Å²) in [5.74, 6) is 0.630. The highest BCUT2D eigenvalue weighted by molar-refractivity contribution is 5.94. The summed E-state index contributed by atoms with van der Waals surface area (Å²) in [5.41, 5.74) is 0.733. The van der Waals surface area contributed by atoms with Crippen molar-refractivity contribution >= 4 is 11.8 Å². The Hall–Kier alpha value is -1.78. The fourth-order valence-corrected chi connectivity index (χ4v) is 3.07. The van der Waals surface area contributed by atoms with Crippen molar-refractivity contribution in [1.82, 2.24) is 14.4 Å². The summed E-state index contributed by atoms with van der Waals surface area (Å²) < 4.78 is 1.89. The third-order valence-electron chi connectivity index (χ3n) is 4.63. The average Bonchev–Trinajstić information content (AvgIpc) is 2.70. The zero-order chi connectivity index (χ0) is 14.8. The second kappa shape index (κ2) is 5.92. The first kappa shape index (κ1) is 14.2. The van der Waals surface area contributed by atoms with Crippen LogP contribution < -0.4 is 0 Å². The molecule has 2 amide bonds. The normalized spacial score (nSPS) is 20.0. The van der Waals surface area contributed by atoms with E-state index in [0.717, 1.165) is 37.9 Å². The molecule has 0 N–H and O–H groups in total. The van der Waals surface area contributed by atoms with Crippen molar-refractivity contribution in [2.24, 2.45) is 13.0 Å². The van der Waals surface area contributed by atoms with E-state index < -0.39 is 0 Å². The van der Waals surface area contributed by atoms with Crippen molar-refractivity contribution in [2.45, 2.75) is 25.7 Å². The SMILES string of the molecule is Cn1ccc(C(=O)N2CCCN(C(=O)C3CCC3)CC2)c1. The highest BCUT2D eigenvalue weighted by atomic mass is 16.2. The summed E-state index contributed by atoms with van der Waals surface area (Å²) in [6, 6.07) is 1.85. The van der Waals surface area contributed by atoms with Crippen LogP contribution in [0.25, 0.3) is 0 Å². The quantitative estimate of drug-likeness (QED) is 0.828. The second-order valence-electron chi connectivity index (χ2n) is 6.16. The third-order valence-corrected chi connectivity index (χ3v) is 4.63. The molecule has 114 valence electrons. The lowest BCUT2D eigenvalue weighted by molar-refractivity contribution is -0.138. The van der Waals surface area contributed by atoms with Crippen LogP contribution in [0.5, 0.6) is 0 Å². The van der Waals surface area contributed by atoms with Gasteiger partial charge in [0, 0.05) is 51.5 Å². The zero-order valence-electron chi connectivity index (χ0n) is 12.6. The minimum absolute atomic E-state index is 0.0774. The Morgan fingerprint density at radius 3 is 2.38 bits per heavy atom. The molecule has 1 saturated carbocycles. The molecule has 5 heteroatoms. The van der Waals surface area contributed by atoms with Gasteiger partial charge in [0.2, 0.25) is 5.91 Å². The fourth-order valence-electron chi connectivity index (χ4n) is 3.07. The number of amides is 2. The maximum absolute atomic E-state index is 12.5. The van der Waals surface area contributed by atoms with Gasteiger partial charge in [-0.2, -0.15) is 0 Å². The molecular weight excluding hydrogens is 266 g/mol. The van der Waals surface area contributed by atoms with Crippen LogP contribution in [-0.2, 0) is 11.8 Å². The van der Waals surface area contributed by atoms with Crippen LogP contribution >= 0.6 is 0 Å². The summed E-state index contributed by atoms with van der Waals surface area (Å²) in [7, 11) is 1.91. The number of carbonyl (C=O) groups is 2. The molecule has 0 aromatic carbocycles. The first-order chi connectivity index (χ1) is 10.1. The number of rotatable bonds is 2. The van der Waals surface area contributed by atoms with E-state index in [1.165, 1.54) is 6.42 Å². The number of aromatic nitrogens is 1. The zero-order valence-corrected chi connectivity index (χ0v) is 12.6. The minimum atomic E-state index is 0.0774. The predicted molar refractivity (Wildman–Crippen MR) is 79.9 cm³/mol.